The van der Waals surface area contributed by atoms with Crippen molar-refractivity contribution >= 4 is 5.91 Å². The number of aromatic nitrogens is 3. The first-order valence-electron chi connectivity index (χ1n) is 4.15. The van der Waals surface area contributed by atoms with Gasteiger partial charge in [-0.15, -0.1) is 0 Å². The van der Waals surface area contributed by atoms with Crippen LogP contribution in [0.4, 0.5) is 0 Å². The molecule has 5 heteroatoms. The van der Waals surface area contributed by atoms with Crippen molar-refractivity contribution in [1.29, 1.82) is 0 Å². The fraction of sp³-hybridized carbons (Fsp3) is 0.111. The monoisotopic (exact) mass is 190 g/mol. The van der Waals surface area contributed by atoms with Crippen LogP contribution in [0.3, 0.4) is 0 Å². The summed E-state index contributed by atoms with van der Waals surface area (Å²) >= 11 is 0. The Labute approximate surface area is 80.7 Å². The minimum atomic E-state index is -0.471. The average molecular weight is 190 g/mol. The van der Waals surface area contributed by atoms with Crippen LogP contribution in [0.25, 0.3) is 5.82 Å². The molecule has 2 heterocycles. The largest absolute Gasteiger partial charge is 0.365 e. The number of nitrogens with two attached hydrogens (primary N) is 1. The summed E-state index contributed by atoms with van der Waals surface area (Å²) in [6.07, 6.45) is 5.14. The Morgan fingerprint density at radius 3 is 2.64 bits per heavy atom. The molecule has 0 atom stereocenters. The third-order valence-corrected chi connectivity index (χ3v) is 2.02. The predicted molar refractivity (Wildman–Crippen MR) is 51.1 cm³/mol. The summed E-state index contributed by atoms with van der Waals surface area (Å²) in [5, 5.41) is 3.99. The molecule has 0 aliphatic rings. The van der Waals surface area contributed by atoms with E-state index in [0.29, 0.717) is 11.4 Å². The first-order valence-corrected chi connectivity index (χ1v) is 4.15. The molecule has 2 N–H and O–H groups in total. The van der Waals surface area contributed by atoms with Crippen LogP contribution in [0.5, 0.6) is 0 Å². The second-order valence-electron chi connectivity index (χ2n) is 2.96. The smallest absolute Gasteiger partial charge is 0.254 e. The Kier molecular flexibility index (Phi) is 1.85. The van der Waals surface area contributed by atoms with Gasteiger partial charge < -0.3 is 10.3 Å². The molecule has 0 aliphatic heterocycles. The molecular formula is C9H10N4O. The van der Waals surface area contributed by atoms with E-state index < -0.39 is 5.91 Å². The zero-order valence-corrected chi connectivity index (χ0v) is 7.71. The Morgan fingerprint density at radius 2 is 2.07 bits per heavy atom. The van der Waals surface area contributed by atoms with Gasteiger partial charge in [0.2, 0.25) is 0 Å². The fourth-order valence-corrected chi connectivity index (χ4v) is 1.39. The van der Waals surface area contributed by atoms with Gasteiger partial charge in [0.1, 0.15) is 11.4 Å². The van der Waals surface area contributed by atoms with Crippen molar-refractivity contribution in [2.75, 3.05) is 0 Å². The molecule has 0 aliphatic carbocycles. The van der Waals surface area contributed by atoms with Crippen LogP contribution in [0, 0.1) is 0 Å². The Morgan fingerprint density at radius 1 is 1.43 bits per heavy atom. The highest BCUT2D eigenvalue weighted by Crippen LogP contribution is 2.12. The molecule has 1 amide bonds. The average Bonchev–Trinajstić information content (AvgIpc) is 2.71. The summed E-state index contributed by atoms with van der Waals surface area (Å²) < 4.78 is 3.41. The zero-order chi connectivity index (χ0) is 10.1. The SMILES string of the molecule is Cn1ncc(C(N)=O)c1-n1cccc1. The van der Waals surface area contributed by atoms with Crippen molar-refractivity contribution < 1.29 is 4.79 Å². The highest BCUT2D eigenvalue weighted by molar-refractivity contribution is 5.95. The second-order valence-corrected chi connectivity index (χ2v) is 2.96. The van der Waals surface area contributed by atoms with Crippen LogP contribution in [-0.2, 0) is 7.05 Å². The predicted octanol–water partition coefficient (Wildman–Crippen LogP) is 0.310. The van der Waals surface area contributed by atoms with E-state index >= 15 is 0 Å². The Bertz CT molecular complexity index is 455. The number of carbonyl (C=O) groups excluding carboxylic acids is 1. The van der Waals surface area contributed by atoms with Crippen LogP contribution in [0.15, 0.2) is 30.7 Å². The molecule has 0 saturated carbocycles. The molecule has 2 aromatic heterocycles. The van der Waals surface area contributed by atoms with Crippen molar-refractivity contribution in [3.8, 4) is 5.82 Å². The Balaban J connectivity index is 2.62. The van der Waals surface area contributed by atoms with Gasteiger partial charge in [0.25, 0.3) is 5.91 Å². The van der Waals surface area contributed by atoms with E-state index in [2.05, 4.69) is 5.10 Å². The minimum Gasteiger partial charge on any atom is -0.365 e. The van der Waals surface area contributed by atoms with Gasteiger partial charge in [-0.05, 0) is 12.1 Å². The quantitative estimate of drug-likeness (QED) is 0.740. The maximum Gasteiger partial charge on any atom is 0.254 e. The van der Waals surface area contributed by atoms with E-state index in [4.69, 9.17) is 5.73 Å². The maximum atomic E-state index is 11.1. The molecule has 2 rings (SSSR count). The molecule has 2 aromatic rings. The van der Waals surface area contributed by atoms with Crippen molar-refractivity contribution in [3.63, 3.8) is 0 Å². The summed E-state index contributed by atoms with van der Waals surface area (Å²) in [6.45, 7) is 0. The minimum absolute atomic E-state index is 0.420. The molecule has 14 heavy (non-hydrogen) atoms. The van der Waals surface area contributed by atoms with Gasteiger partial charge in [-0.1, -0.05) is 0 Å². The first-order chi connectivity index (χ1) is 6.70. The van der Waals surface area contributed by atoms with Gasteiger partial charge in [-0.25, -0.2) is 0 Å². The molecule has 0 saturated heterocycles. The number of amides is 1. The van der Waals surface area contributed by atoms with E-state index in [1.165, 1.54) is 6.20 Å². The number of aryl methyl sites for hydroxylation is 1. The van der Waals surface area contributed by atoms with Gasteiger partial charge in [0.05, 0.1) is 6.20 Å². The van der Waals surface area contributed by atoms with Crippen LogP contribution in [0.2, 0.25) is 0 Å². The fourth-order valence-electron chi connectivity index (χ4n) is 1.39. The lowest BCUT2D eigenvalue weighted by atomic mass is 10.3. The molecule has 72 valence electrons. The number of rotatable bonds is 2. The maximum absolute atomic E-state index is 11.1. The lowest BCUT2D eigenvalue weighted by molar-refractivity contribution is 0.1000. The standard InChI is InChI=1S/C9H10N4O/c1-12-9(13-4-2-3-5-13)7(6-11-12)8(10)14/h2-6H,1H3,(H2,10,14). The lowest BCUT2D eigenvalue weighted by Crippen LogP contribution is -2.14. The van der Waals surface area contributed by atoms with Crippen molar-refractivity contribution in [1.82, 2.24) is 14.3 Å². The molecule has 0 bridgehead atoms. The van der Waals surface area contributed by atoms with Crippen molar-refractivity contribution in [2.24, 2.45) is 12.8 Å². The van der Waals surface area contributed by atoms with Crippen LogP contribution >= 0.6 is 0 Å². The van der Waals surface area contributed by atoms with E-state index in [1.807, 2.05) is 24.5 Å². The molecular weight excluding hydrogens is 180 g/mol. The first kappa shape index (κ1) is 8.55. The highest BCUT2D eigenvalue weighted by Gasteiger charge is 2.13. The molecule has 0 aromatic carbocycles. The summed E-state index contributed by atoms with van der Waals surface area (Å²) in [7, 11) is 1.77. The third kappa shape index (κ3) is 1.19. The highest BCUT2D eigenvalue weighted by atomic mass is 16.1. The second kappa shape index (κ2) is 3.02. The lowest BCUT2D eigenvalue weighted by Gasteiger charge is -2.04. The molecule has 0 unspecified atom stereocenters. The zero-order valence-electron chi connectivity index (χ0n) is 7.71. The summed E-state index contributed by atoms with van der Waals surface area (Å²) in [4.78, 5) is 11.1. The van der Waals surface area contributed by atoms with Crippen molar-refractivity contribution in [2.45, 2.75) is 0 Å². The van der Waals surface area contributed by atoms with Crippen LogP contribution < -0.4 is 5.73 Å². The van der Waals surface area contributed by atoms with Gasteiger partial charge in [-0.2, -0.15) is 5.10 Å². The Hall–Kier alpha value is -2.04. The van der Waals surface area contributed by atoms with Crippen LogP contribution in [-0.4, -0.2) is 20.3 Å². The number of primary amides is 1. The molecule has 0 fully saturated rings. The van der Waals surface area contributed by atoms with Gasteiger partial charge >= 0.3 is 0 Å². The molecule has 0 spiro atoms. The summed E-state index contributed by atoms with van der Waals surface area (Å²) in [5.74, 6) is 0.212. The number of hydrogen-bond acceptors (Lipinski definition) is 2. The van der Waals surface area contributed by atoms with Crippen molar-refractivity contribution in [3.05, 3.63) is 36.3 Å². The van der Waals surface area contributed by atoms with Gasteiger partial charge in [0, 0.05) is 19.4 Å². The van der Waals surface area contributed by atoms with E-state index in [0.717, 1.165) is 0 Å². The van der Waals surface area contributed by atoms with Gasteiger partial charge in [0.15, 0.2) is 0 Å². The van der Waals surface area contributed by atoms with E-state index in [1.54, 1.807) is 16.3 Å². The summed E-state index contributed by atoms with van der Waals surface area (Å²) in [5.41, 5.74) is 5.65. The number of hydrogen-bond donors (Lipinski definition) is 1. The molecule has 0 radical (unpaired) electrons. The number of nitrogens with zero attached hydrogens (tertiary/aromatic N) is 3. The van der Waals surface area contributed by atoms with E-state index in [9.17, 15) is 4.79 Å². The van der Waals surface area contributed by atoms with Gasteiger partial charge in [-0.3, -0.25) is 9.48 Å². The summed E-state index contributed by atoms with van der Waals surface area (Å²) in [6, 6.07) is 3.75. The molecule has 5 nitrogen and oxygen atoms in total. The van der Waals surface area contributed by atoms with Crippen LogP contribution in [0.1, 0.15) is 10.4 Å². The van der Waals surface area contributed by atoms with E-state index in [-0.39, 0.29) is 0 Å². The third-order valence-electron chi connectivity index (χ3n) is 2.02. The topological polar surface area (TPSA) is 65.8 Å². The number of carbonyl (C=O) groups is 1. The normalized spacial score (nSPS) is 10.4.